The van der Waals surface area contributed by atoms with Gasteiger partial charge in [0.05, 0.1) is 7.11 Å². The third kappa shape index (κ3) is 3.04. The zero-order valence-corrected chi connectivity index (χ0v) is 13.8. The van der Waals surface area contributed by atoms with Crippen LogP contribution in [0, 0.1) is 0 Å². The van der Waals surface area contributed by atoms with Gasteiger partial charge in [0.2, 0.25) is 0 Å². The molecule has 2 nitrogen and oxygen atoms in total. The molecule has 120 valence electrons. The maximum Gasteiger partial charge on any atom is 0.119 e. The number of ether oxygens (including phenoxy) is 1. The molecule has 2 heteroatoms. The molecule has 0 saturated heterocycles. The highest BCUT2D eigenvalue weighted by molar-refractivity contribution is 5.57. The van der Waals surface area contributed by atoms with Crippen molar-refractivity contribution >= 4 is 5.69 Å². The van der Waals surface area contributed by atoms with Gasteiger partial charge in [-0.05, 0) is 35.4 Å². The molecule has 0 fully saturated rings. The summed E-state index contributed by atoms with van der Waals surface area (Å²) in [6, 6.07) is 28.6. The van der Waals surface area contributed by atoms with Crippen LogP contribution in [-0.4, -0.2) is 7.11 Å². The van der Waals surface area contributed by atoms with Crippen molar-refractivity contribution in [2.45, 2.75) is 5.54 Å². The van der Waals surface area contributed by atoms with Gasteiger partial charge in [-0.2, -0.15) is 0 Å². The van der Waals surface area contributed by atoms with E-state index in [1.807, 2.05) is 66.7 Å². The van der Waals surface area contributed by atoms with Crippen LogP contribution in [0.1, 0.15) is 11.1 Å². The number of anilines is 1. The largest absolute Gasteiger partial charge is 0.497 e. The van der Waals surface area contributed by atoms with Gasteiger partial charge in [-0.3, -0.25) is 0 Å². The predicted octanol–water partition coefficient (Wildman–Crippen LogP) is 5.24. The number of rotatable bonds is 6. The first kappa shape index (κ1) is 15.9. The van der Waals surface area contributed by atoms with Crippen molar-refractivity contribution in [3.63, 3.8) is 0 Å². The minimum absolute atomic E-state index is 0.503. The highest BCUT2D eigenvalue weighted by atomic mass is 16.5. The van der Waals surface area contributed by atoms with E-state index < -0.39 is 5.54 Å². The lowest BCUT2D eigenvalue weighted by molar-refractivity contribution is 0.415. The third-order valence-electron chi connectivity index (χ3n) is 4.20. The monoisotopic (exact) mass is 315 g/mol. The topological polar surface area (TPSA) is 21.3 Å². The van der Waals surface area contributed by atoms with Crippen LogP contribution in [0.3, 0.4) is 0 Å². The van der Waals surface area contributed by atoms with E-state index >= 15 is 0 Å². The SMILES string of the molecule is C=CC(Nc1ccc(OC)cc1)(c1ccccc1)c1ccccc1. The van der Waals surface area contributed by atoms with Crippen LogP contribution in [0.15, 0.2) is 97.6 Å². The lowest BCUT2D eigenvalue weighted by atomic mass is 9.82. The molecule has 0 aliphatic rings. The average Bonchev–Trinajstić information content (AvgIpc) is 2.68. The Morgan fingerprint density at radius 2 is 1.29 bits per heavy atom. The van der Waals surface area contributed by atoms with Gasteiger partial charge in [0.1, 0.15) is 11.3 Å². The van der Waals surface area contributed by atoms with E-state index in [2.05, 4.69) is 36.2 Å². The number of nitrogens with one attached hydrogen (secondary N) is 1. The third-order valence-corrected chi connectivity index (χ3v) is 4.20. The summed E-state index contributed by atoms with van der Waals surface area (Å²) in [6.45, 7) is 4.13. The molecule has 0 aliphatic heterocycles. The zero-order chi connectivity index (χ0) is 16.8. The molecular weight excluding hydrogens is 294 g/mol. The first-order valence-corrected chi connectivity index (χ1v) is 7.95. The Bertz CT molecular complexity index is 740. The second-order valence-electron chi connectivity index (χ2n) is 5.60. The van der Waals surface area contributed by atoms with Crippen molar-refractivity contribution in [1.29, 1.82) is 0 Å². The Labute approximate surface area is 143 Å². The van der Waals surface area contributed by atoms with Crippen molar-refractivity contribution in [1.82, 2.24) is 0 Å². The molecule has 0 heterocycles. The van der Waals surface area contributed by atoms with Crippen LogP contribution < -0.4 is 10.1 Å². The summed E-state index contributed by atoms with van der Waals surface area (Å²) in [7, 11) is 1.67. The van der Waals surface area contributed by atoms with E-state index in [-0.39, 0.29) is 0 Å². The minimum atomic E-state index is -0.503. The molecule has 0 atom stereocenters. The molecule has 3 rings (SSSR count). The summed E-state index contributed by atoms with van der Waals surface area (Å²) < 4.78 is 5.25. The fourth-order valence-corrected chi connectivity index (χ4v) is 2.90. The van der Waals surface area contributed by atoms with Crippen LogP contribution in [0.25, 0.3) is 0 Å². The Balaban J connectivity index is 2.09. The summed E-state index contributed by atoms with van der Waals surface area (Å²) in [6.07, 6.45) is 1.96. The molecule has 24 heavy (non-hydrogen) atoms. The van der Waals surface area contributed by atoms with E-state index in [0.29, 0.717) is 0 Å². The maximum absolute atomic E-state index is 5.25. The summed E-state index contributed by atoms with van der Waals surface area (Å²) in [4.78, 5) is 0. The molecule has 0 aliphatic carbocycles. The Morgan fingerprint density at radius 3 is 1.71 bits per heavy atom. The molecule has 0 radical (unpaired) electrons. The second kappa shape index (κ2) is 7.05. The Kier molecular flexibility index (Phi) is 4.66. The molecule has 0 amide bonds. The molecule has 0 spiro atoms. The summed E-state index contributed by atoms with van der Waals surface area (Å²) in [5.41, 5.74) is 2.78. The lowest BCUT2D eigenvalue weighted by Gasteiger charge is -2.34. The van der Waals surface area contributed by atoms with Crippen LogP contribution in [-0.2, 0) is 5.54 Å². The van der Waals surface area contributed by atoms with Gasteiger partial charge in [-0.15, -0.1) is 6.58 Å². The normalized spacial score (nSPS) is 10.9. The lowest BCUT2D eigenvalue weighted by Crippen LogP contribution is -2.34. The molecule has 1 N–H and O–H groups in total. The van der Waals surface area contributed by atoms with E-state index in [1.165, 1.54) is 0 Å². The number of methoxy groups -OCH3 is 1. The van der Waals surface area contributed by atoms with Crippen molar-refractivity contribution < 1.29 is 4.74 Å². The van der Waals surface area contributed by atoms with Gasteiger partial charge in [-0.1, -0.05) is 66.7 Å². The van der Waals surface area contributed by atoms with Gasteiger partial charge in [-0.25, -0.2) is 0 Å². The Morgan fingerprint density at radius 1 is 0.792 bits per heavy atom. The van der Waals surface area contributed by atoms with Crippen molar-refractivity contribution in [3.8, 4) is 5.75 Å². The molecule has 0 bridgehead atoms. The van der Waals surface area contributed by atoms with Crippen LogP contribution in [0.2, 0.25) is 0 Å². The molecule has 0 saturated carbocycles. The van der Waals surface area contributed by atoms with Crippen LogP contribution >= 0.6 is 0 Å². The van der Waals surface area contributed by atoms with E-state index in [1.54, 1.807) is 7.11 Å². The Hall–Kier alpha value is -3.00. The first-order valence-electron chi connectivity index (χ1n) is 7.95. The van der Waals surface area contributed by atoms with E-state index in [0.717, 1.165) is 22.6 Å². The fraction of sp³-hybridized carbons (Fsp3) is 0.0909. The molecule has 3 aromatic rings. The van der Waals surface area contributed by atoms with E-state index in [4.69, 9.17) is 4.74 Å². The van der Waals surface area contributed by atoms with Gasteiger partial charge < -0.3 is 10.1 Å². The molecule has 0 unspecified atom stereocenters. The van der Waals surface area contributed by atoms with Crippen LogP contribution in [0.5, 0.6) is 5.75 Å². The highest BCUT2D eigenvalue weighted by Crippen LogP contribution is 2.35. The molecule has 3 aromatic carbocycles. The standard InChI is InChI=1S/C22H21NO/c1-3-22(18-10-6-4-7-11-18,19-12-8-5-9-13-19)23-20-14-16-21(24-2)17-15-20/h3-17,23H,1H2,2H3. The quantitative estimate of drug-likeness (QED) is 0.628. The van der Waals surface area contributed by atoms with E-state index in [9.17, 15) is 0 Å². The average molecular weight is 315 g/mol. The summed E-state index contributed by atoms with van der Waals surface area (Å²) in [5, 5.41) is 3.65. The maximum atomic E-state index is 5.25. The van der Waals surface area contributed by atoms with Crippen LogP contribution in [0.4, 0.5) is 5.69 Å². The number of hydrogen-bond acceptors (Lipinski definition) is 2. The first-order chi connectivity index (χ1) is 11.8. The minimum Gasteiger partial charge on any atom is -0.497 e. The van der Waals surface area contributed by atoms with Gasteiger partial charge in [0.15, 0.2) is 0 Å². The second-order valence-corrected chi connectivity index (χ2v) is 5.60. The summed E-state index contributed by atoms with van der Waals surface area (Å²) in [5.74, 6) is 0.837. The van der Waals surface area contributed by atoms with Gasteiger partial charge >= 0.3 is 0 Å². The van der Waals surface area contributed by atoms with Crippen molar-refractivity contribution in [2.75, 3.05) is 12.4 Å². The number of hydrogen-bond donors (Lipinski definition) is 1. The zero-order valence-electron chi connectivity index (χ0n) is 13.8. The smallest absolute Gasteiger partial charge is 0.119 e. The number of benzene rings is 3. The molecular formula is C22H21NO. The van der Waals surface area contributed by atoms with Gasteiger partial charge in [0, 0.05) is 5.69 Å². The highest BCUT2D eigenvalue weighted by Gasteiger charge is 2.30. The fourth-order valence-electron chi connectivity index (χ4n) is 2.90. The predicted molar refractivity (Wildman–Crippen MR) is 100 cm³/mol. The van der Waals surface area contributed by atoms with Gasteiger partial charge in [0.25, 0.3) is 0 Å². The molecule has 0 aromatic heterocycles. The summed E-state index contributed by atoms with van der Waals surface area (Å²) >= 11 is 0. The van der Waals surface area contributed by atoms with Crippen molar-refractivity contribution in [2.24, 2.45) is 0 Å². The van der Waals surface area contributed by atoms with Crippen molar-refractivity contribution in [3.05, 3.63) is 109 Å².